The van der Waals surface area contributed by atoms with Crippen LogP contribution in [0.5, 0.6) is 0 Å². The third kappa shape index (κ3) is 2.28. The highest BCUT2D eigenvalue weighted by molar-refractivity contribution is 9.10. The van der Waals surface area contributed by atoms with Gasteiger partial charge in [-0.15, -0.1) is 0 Å². The van der Waals surface area contributed by atoms with E-state index in [0.717, 1.165) is 0 Å². The summed E-state index contributed by atoms with van der Waals surface area (Å²) in [4.78, 5) is 11.2. The summed E-state index contributed by atoms with van der Waals surface area (Å²) in [5.41, 5.74) is 1.07. The van der Waals surface area contributed by atoms with Crippen LogP contribution in [0.25, 0.3) is 11.3 Å². The molecule has 0 aliphatic heterocycles. The van der Waals surface area contributed by atoms with Crippen LogP contribution in [0.4, 0.5) is 0 Å². The van der Waals surface area contributed by atoms with Gasteiger partial charge in [0, 0.05) is 16.5 Å². The Hall–Kier alpha value is -1.33. The second-order valence-corrected chi connectivity index (χ2v) is 4.88. The number of aryl methyl sites for hydroxylation is 1. The summed E-state index contributed by atoms with van der Waals surface area (Å²) in [5, 5.41) is 13.6. The molecule has 0 bridgehead atoms. The molecule has 0 aliphatic rings. The first kappa shape index (κ1) is 13.1. The Kier molecular flexibility index (Phi) is 3.73. The molecule has 0 atom stereocenters. The van der Waals surface area contributed by atoms with Crippen LogP contribution in [-0.2, 0) is 6.42 Å². The smallest absolute Gasteiger partial charge is 0.341 e. The van der Waals surface area contributed by atoms with E-state index in [1.54, 1.807) is 18.2 Å². The van der Waals surface area contributed by atoms with Crippen LogP contribution in [0.2, 0.25) is 5.02 Å². The first-order chi connectivity index (χ1) is 8.54. The molecule has 1 aromatic heterocycles. The number of carbonyl (C=O) groups is 1. The highest BCUT2D eigenvalue weighted by atomic mass is 79.9. The number of aromatic nitrogens is 1. The van der Waals surface area contributed by atoms with E-state index in [4.69, 9.17) is 16.1 Å². The van der Waals surface area contributed by atoms with Gasteiger partial charge in [-0.05, 0) is 28.1 Å². The minimum atomic E-state index is -1.05. The standard InChI is InChI=1S/C12H9BrClNO3/c1-2-9-10(12(16)17)11(15-18-9)6-3-4-8(14)7(13)5-6/h3-5H,2H2,1H3,(H,16,17). The van der Waals surface area contributed by atoms with Crippen LogP contribution < -0.4 is 0 Å². The maximum absolute atomic E-state index is 11.2. The van der Waals surface area contributed by atoms with Crippen molar-refractivity contribution in [1.29, 1.82) is 0 Å². The molecule has 0 spiro atoms. The average Bonchev–Trinajstić information content (AvgIpc) is 2.76. The van der Waals surface area contributed by atoms with Crippen LogP contribution in [0.1, 0.15) is 23.0 Å². The molecule has 2 aromatic rings. The molecule has 1 aromatic carbocycles. The van der Waals surface area contributed by atoms with Crippen molar-refractivity contribution in [2.24, 2.45) is 0 Å². The van der Waals surface area contributed by atoms with E-state index in [1.807, 2.05) is 6.92 Å². The van der Waals surface area contributed by atoms with E-state index >= 15 is 0 Å². The molecule has 4 nitrogen and oxygen atoms in total. The molecular formula is C12H9BrClNO3. The molecule has 0 saturated heterocycles. The van der Waals surface area contributed by atoms with Crippen molar-refractivity contribution in [2.75, 3.05) is 0 Å². The second kappa shape index (κ2) is 5.12. The van der Waals surface area contributed by atoms with Crippen LogP contribution in [-0.4, -0.2) is 16.2 Å². The number of hydrogen-bond acceptors (Lipinski definition) is 3. The molecule has 1 heterocycles. The number of nitrogens with zero attached hydrogens (tertiary/aromatic N) is 1. The first-order valence-electron chi connectivity index (χ1n) is 5.21. The number of carboxylic acids is 1. The van der Waals surface area contributed by atoms with Crippen molar-refractivity contribution >= 4 is 33.5 Å². The van der Waals surface area contributed by atoms with Gasteiger partial charge in [0.25, 0.3) is 0 Å². The predicted octanol–water partition coefficient (Wildman–Crippen LogP) is 4.02. The van der Waals surface area contributed by atoms with E-state index in [1.165, 1.54) is 0 Å². The Bertz CT molecular complexity index is 609. The van der Waals surface area contributed by atoms with Gasteiger partial charge in [0.15, 0.2) is 5.76 Å². The molecule has 2 rings (SSSR count). The Balaban J connectivity index is 2.60. The minimum Gasteiger partial charge on any atom is -0.477 e. The van der Waals surface area contributed by atoms with Gasteiger partial charge in [-0.3, -0.25) is 0 Å². The van der Waals surface area contributed by atoms with Gasteiger partial charge in [0.1, 0.15) is 11.3 Å². The summed E-state index contributed by atoms with van der Waals surface area (Å²) < 4.78 is 5.73. The lowest BCUT2D eigenvalue weighted by molar-refractivity contribution is 0.0695. The third-order valence-electron chi connectivity index (χ3n) is 2.49. The Morgan fingerprint density at radius 3 is 2.83 bits per heavy atom. The lowest BCUT2D eigenvalue weighted by Gasteiger charge is -2.01. The van der Waals surface area contributed by atoms with Crippen molar-refractivity contribution in [1.82, 2.24) is 5.16 Å². The minimum absolute atomic E-state index is 0.103. The van der Waals surface area contributed by atoms with Crippen LogP contribution in [0.15, 0.2) is 27.2 Å². The Labute approximate surface area is 117 Å². The van der Waals surface area contributed by atoms with Crippen molar-refractivity contribution < 1.29 is 14.4 Å². The zero-order valence-corrected chi connectivity index (χ0v) is 11.7. The number of hydrogen-bond donors (Lipinski definition) is 1. The molecule has 0 radical (unpaired) electrons. The van der Waals surface area contributed by atoms with Gasteiger partial charge in [-0.2, -0.15) is 0 Å². The van der Waals surface area contributed by atoms with E-state index in [-0.39, 0.29) is 5.56 Å². The molecule has 6 heteroatoms. The highest BCUT2D eigenvalue weighted by Crippen LogP contribution is 2.31. The lowest BCUT2D eigenvalue weighted by atomic mass is 10.1. The maximum Gasteiger partial charge on any atom is 0.341 e. The quantitative estimate of drug-likeness (QED) is 0.923. The number of carboxylic acid groups (broad SMARTS) is 1. The molecule has 1 N–H and O–H groups in total. The molecule has 0 fully saturated rings. The van der Waals surface area contributed by atoms with Crippen LogP contribution >= 0.6 is 27.5 Å². The molecule has 94 valence electrons. The fourth-order valence-electron chi connectivity index (χ4n) is 1.63. The summed E-state index contributed by atoms with van der Waals surface area (Å²) in [6, 6.07) is 5.09. The van der Waals surface area contributed by atoms with Crippen molar-refractivity contribution in [3.8, 4) is 11.3 Å². The van der Waals surface area contributed by atoms with Crippen molar-refractivity contribution in [3.63, 3.8) is 0 Å². The van der Waals surface area contributed by atoms with Crippen molar-refractivity contribution in [3.05, 3.63) is 39.0 Å². The SMILES string of the molecule is CCc1onc(-c2ccc(Cl)c(Br)c2)c1C(=O)O. The summed E-state index contributed by atoms with van der Waals surface area (Å²) in [7, 11) is 0. The summed E-state index contributed by atoms with van der Waals surface area (Å²) in [6.45, 7) is 1.81. The zero-order chi connectivity index (χ0) is 13.3. The molecule has 0 aliphatic carbocycles. The van der Waals surface area contributed by atoms with Gasteiger partial charge in [-0.1, -0.05) is 29.7 Å². The molecule has 0 unspecified atom stereocenters. The maximum atomic E-state index is 11.2. The molecule has 18 heavy (non-hydrogen) atoms. The fraction of sp³-hybridized carbons (Fsp3) is 0.167. The van der Waals surface area contributed by atoms with Gasteiger partial charge in [0.05, 0.1) is 5.02 Å². The van der Waals surface area contributed by atoms with E-state index < -0.39 is 5.97 Å². The Morgan fingerprint density at radius 2 is 2.28 bits per heavy atom. The van der Waals surface area contributed by atoms with Gasteiger partial charge < -0.3 is 9.63 Å². The van der Waals surface area contributed by atoms with E-state index in [2.05, 4.69) is 21.1 Å². The Morgan fingerprint density at radius 1 is 1.56 bits per heavy atom. The first-order valence-corrected chi connectivity index (χ1v) is 6.39. The highest BCUT2D eigenvalue weighted by Gasteiger charge is 2.22. The normalized spacial score (nSPS) is 10.6. The second-order valence-electron chi connectivity index (χ2n) is 3.62. The van der Waals surface area contributed by atoms with Gasteiger partial charge in [-0.25, -0.2) is 4.79 Å². The number of benzene rings is 1. The lowest BCUT2D eigenvalue weighted by Crippen LogP contribution is -2.00. The van der Waals surface area contributed by atoms with Crippen molar-refractivity contribution in [2.45, 2.75) is 13.3 Å². The van der Waals surface area contributed by atoms with Crippen LogP contribution in [0.3, 0.4) is 0 Å². The summed E-state index contributed by atoms with van der Waals surface area (Å²) in [6.07, 6.45) is 0.476. The van der Waals surface area contributed by atoms with E-state index in [0.29, 0.717) is 32.9 Å². The fourth-order valence-corrected chi connectivity index (χ4v) is 2.12. The zero-order valence-electron chi connectivity index (χ0n) is 9.41. The number of aromatic carboxylic acids is 1. The number of rotatable bonds is 3. The largest absolute Gasteiger partial charge is 0.477 e. The molecular weight excluding hydrogens is 321 g/mol. The monoisotopic (exact) mass is 329 g/mol. The van der Waals surface area contributed by atoms with Crippen LogP contribution in [0, 0.1) is 0 Å². The predicted molar refractivity (Wildman–Crippen MR) is 71.0 cm³/mol. The van der Waals surface area contributed by atoms with Gasteiger partial charge >= 0.3 is 5.97 Å². The molecule has 0 saturated carbocycles. The molecule has 0 amide bonds. The third-order valence-corrected chi connectivity index (χ3v) is 3.70. The van der Waals surface area contributed by atoms with Gasteiger partial charge in [0.2, 0.25) is 0 Å². The average molecular weight is 331 g/mol. The number of halogens is 2. The topological polar surface area (TPSA) is 63.3 Å². The summed E-state index contributed by atoms with van der Waals surface area (Å²) >= 11 is 9.19. The summed E-state index contributed by atoms with van der Waals surface area (Å²) in [5.74, 6) is -0.683. The van der Waals surface area contributed by atoms with E-state index in [9.17, 15) is 9.90 Å².